The van der Waals surface area contributed by atoms with Gasteiger partial charge >= 0.3 is 6.61 Å². The largest absolute Gasteiger partial charge is 0.435 e. The summed E-state index contributed by atoms with van der Waals surface area (Å²) in [7, 11) is 0. The van der Waals surface area contributed by atoms with Crippen LogP contribution in [0, 0.1) is 0 Å². The predicted molar refractivity (Wildman–Crippen MR) is 108 cm³/mol. The van der Waals surface area contributed by atoms with Gasteiger partial charge in [0.15, 0.2) is 5.65 Å². The molecule has 0 spiro atoms. The molecule has 148 valence electrons. The van der Waals surface area contributed by atoms with Gasteiger partial charge in [0.1, 0.15) is 5.75 Å². The van der Waals surface area contributed by atoms with E-state index >= 15 is 0 Å². The standard InChI is InChI=1S/C20H16F2N4O2S/c1-2-26-18-15(11-23-26)14(10-16(25-18)17-4-3-9-29-17)19(27)24-12-5-7-13(8-6-12)28-20(21)22/h3-11,20H,2H2,1H3,(H,24,27). The number of thiophene rings is 1. The zero-order valence-electron chi connectivity index (χ0n) is 15.3. The monoisotopic (exact) mass is 414 g/mol. The van der Waals surface area contributed by atoms with Crippen molar-refractivity contribution in [3.63, 3.8) is 0 Å². The molecule has 29 heavy (non-hydrogen) atoms. The summed E-state index contributed by atoms with van der Waals surface area (Å²) in [6.45, 7) is -0.322. The van der Waals surface area contributed by atoms with E-state index in [9.17, 15) is 13.6 Å². The highest BCUT2D eigenvalue weighted by Gasteiger charge is 2.18. The molecule has 6 nitrogen and oxygen atoms in total. The summed E-state index contributed by atoms with van der Waals surface area (Å²) in [6.07, 6.45) is 1.62. The average molecular weight is 414 g/mol. The molecular formula is C20H16F2N4O2S. The van der Waals surface area contributed by atoms with Crippen molar-refractivity contribution in [1.82, 2.24) is 14.8 Å². The highest BCUT2D eigenvalue weighted by atomic mass is 32.1. The lowest BCUT2D eigenvalue weighted by molar-refractivity contribution is -0.0498. The highest BCUT2D eigenvalue weighted by molar-refractivity contribution is 7.13. The van der Waals surface area contributed by atoms with Gasteiger partial charge in [0.2, 0.25) is 0 Å². The summed E-state index contributed by atoms with van der Waals surface area (Å²) < 4.78 is 30.6. The van der Waals surface area contributed by atoms with Gasteiger partial charge < -0.3 is 10.1 Å². The van der Waals surface area contributed by atoms with Crippen LogP contribution in [-0.2, 0) is 6.54 Å². The third-order valence-corrected chi connectivity index (χ3v) is 5.16. The van der Waals surface area contributed by atoms with Crippen LogP contribution in [0.25, 0.3) is 21.6 Å². The number of nitrogens with zero attached hydrogens (tertiary/aromatic N) is 3. The van der Waals surface area contributed by atoms with Crippen molar-refractivity contribution in [1.29, 1.82) is 0 Å². The second-order valence-corrected chi connectivity index (χ2v) is 7.03. The Morgan fingerprint density at radius 2 is 2.07 bits per heavy atom. The Bertz CT molecular complexity index is 1140. The Labute approximate surface area is 168 Å². The maximum absolute atomic E-state index is 13.0. The molecule has 0 saturated heterocycles. The van der Waals surface area contributed by atoms with E-state index in [1.54, 1.807) is 16.9 Å². The Morgan fingerprint density at radius 1 is 1.28 bits per heavy atom. The Hall–Kier alpha value is -3.33. The molecule has 3 heterocycles. The molecule has 0 bridgehead atoms. The predicted octanol–water partition coefficient (Wildman–Crippen LogP) is 5.03. The van der Waals surface area contributed by atoms with E-state index in [1.165, 1.54) is 35.6 Å². The molecule has 4 aromatic rings. The summed E-state index contributed by atoms with van der Waals surface area (Å²) in [5.41, 5.74) is 2.21. The Kier molecular flexibility index (Phi) is 5.22. The molecule has 1 amide bonds. The van der Waals surface area contributed by atoms with Gasteiger partial charge in [-0.2, -0.15) is 13.9 Å². The van der Waals surface area contributed by atoms with Crippen molar-refractivity contribution in [2.45, 2.75) is 20.1 Å². The van der Waals surface area contributed by atoms with E-state index in [4.69, 9.17) is 0 Å². The number of rotatable bonds is 6. The first-order valence-electron chi connectivity index (χ1n) is 8.82. The van der Waals surface area contributed by atoms with Gasteiger partial charge in [0, 0.05) is 12.2 Å². The van der Waals surface area contributed by atoms with Crippen LogP contribution in [0.2, 0.25) is 0 Å². The van der Waals surface area contributed by atoms with Crippen LogP contribution >= 0.6 is 11.3 Å². The number of halogens is 2. The maximum Gasteiger partial charge on any atom is 0.387 e. The zero-order chi connectivity index (χ0) is 20.4. The quantitative estimate of drug-likeness (QED) is 0.480. The second kappa shape index (κ2) is 7.96. The zero-order valence-corrected chi connectivity index (χ0v) is 16.1. The minimum Gasteiger partial charge on any atom is -0.435 e. The first kappa shape index (κ1) is 19.0. The number of aromatic nitrogens is 3. The molecule has 0 aliphatic rings. The Balaban J connectivity index is 1.68. The lowest BCUT2D eigenvalue weighted by Gasteiger charge is -2.10. The molecule has 9 heteroatoms. The smallest absolute Gasteiger partial charge is 0.387 e. The summed E-state index contributed by atoms with van der Waals surface area (Å²) in [6, 6.07) is 11.3. The number of carbonyl (C=O) groups excluding carboxylic acids is 1. The number of ether oxygens (including phenoxy) is 1. The molecular weight excluding hydrogens is 398 g/mol. The van der Waals surface area contributed by atoms with Crippen molar-refractivity contribution >= 4 is 34.0 Å². The fourth-order valence-electron chi connectivity index (χ4n) is 2.94. The maximum atomic E-state index is 13.0. The van der Waals surface area contributed by atoms with Gasteiger partial charge in [-0.25, -0.2) is 9.67 Å². The second-order valence-electron chi connectivity index (χ2n) is 6.09. The lowest BCUT2D eigenvalue weighted by atomic mass is 10.1. The van der Waals surface area contributed by atoms with Crippen LogP contribution in [0.15, 0.2) is 54.0 Å². The molecule has 0 aliphatic heterocycles. The van der Waals surface area contributed by atoms with E-state index in [-0.39, 0.29) is 11.7 Å². The summed E-state index contributed by atoms with van der Waals surface area (Å²) in [4.78, 5) is 18.6. The van der Waals surface area contributed by atoms with E-state index in [1.807, 2.05) is 24.4 Å². The van der Waals surface area contributed by atoms with Crippen LogP contribution in [0.3, 0.4) is 0 Å². The molecule has 0 unspecified atom stereocenters. The minimum absolute atomic E-state index is 0.0218. The number of anilines is 1. The van der Waals surface area contributed by atoms with Crippen molar-refractivity contribution in [2.24, 2.45) is 0 Å². The van der Waals surface area contributed by atoms with E-state index < -0.39 is 6.61 Å². The normalized spacial score (nSPS) is 11.2. The van der Waals surface area contributed by atoms with Gasteiger partial charge in [-0.3, -0.25) is 4.79 Å². The summed E-state index contributed by atoms with van der Waals surface area (Å²) in [5.74, 6) is -0.318. The molecule has 4 rings (SSSR count). The summed E-state index contributed by atoms with van der Waals surface area (Å²) in [5, 5.41) is 9.69. The van der Waals surface area contributed by atoms with Gasteiger partial charge in [0.05, 0.1) is 27.7 Å². The number of alkyl halides is 2. The van der Waals surface area contributed by atoms with Gasteiger partial charge in [-0.1, -0.05) is 6.07 Å². The molecule has 0 aliphatic carbocycles. The first-order valence-corrected chi connectivity index (χ1v) is 9.69. The number of aryl methyl sites for hydroxylation is 1. The van der Waals surface area contributed by atoms with E-state index in [0.717, 1.165) is 4.88 Å². The molecule has 0 fully saturated rings. The number of carbonyl (C=O) groups is 1. The van der Waals surface area contributed by atoms with Gasteiger partial charge in [0.25, 0.3) is 5.91 Å². The number of fused-ring (bicyclic) bond motifs is 1. The summed E-state index contributed by atoms with van der Waals surface area (Å²) >= 11 is 1.53. The van der Waals surface area contributed by atoms with Gasteiger partial charge in [-0.05, 0) is 48.7 Å². The number of hydrogen-bond donors (Lipinski definition) is 1. The third-order valence-electron chi connectivity index (χ3n) is 4.26. The molecule has 0 radical (unpaired) electrons. The topological polar surface area (TPSA) is 69.0 Å². The van der Waals surface area contributed by atoms with Crippen molar-refractivity contribution in [3.8, 4) is 16.3 Å². The lowest BCUT2D eigenvalue weighted by Crippen LogP contribution is -2.13. The highest BCUT2D eigenvalue weighted by Crippen LogP contribution is 2.28. The number of nitrogens with one attached hydrogen (secondary N) is 1. The number of amides is 1. The molecule has 1 N–H and O–H groups in total. The number of hydrogen-bond acceptors (Lipinski definition) is 5. The van der Waals surface area contributed by atoms with Crippen LogP contribution < -0.4 is 10.1 Å². The first-order chi connectivity index (χ1) is 14.0. The third kappa shape index (κ3) is 3.95. The van der Waals surface area contributed by atoms with Crippen LogP contribution in [0.1, 0.15) is 17.3 Å². The fourth-order valence-corrected chi connectivity index (χ4v) is 3.62. The van der Waals surface area contributed by atoms with Crippen molar-refractivity contribution in [2.75, 3.05) is 5.32 Å². The molecule has 3 aromatic heterocycles. The fraction of sp³-hybridized carbons (Fsp3) is 0.150. The molecule has 0 saturated carbocycles. The molecule has 1 aromatic carbocycles. The molecule has 0 atom stereocenters. The van der Waals surface area contributed by atoms with E-state index in [0.29, 0.717) is 34.5 Å². The average Bonchev–Trinajstić information content (AvgIpc) is 3.38. The number of pyridine rings is 1. The van der Waals surface area contributed by atoms with Crippen molar-refractivity contribution < 1.29 is 18.3 Å². The van der Waals surface area contributed by atoms with Crippen molar-refractivity contribution in [3.05, 3.63) is 59.6 Å². The van der Waals surface area contributed by atoms with Crippen LogP contribution in [-0.4, -0.2) is 27.3 Å². The van der Waals surface area contributed by atoms with Gasteiger partial charge in [-0.15, -0.1) is 11.3 Å². The number of benzene rings is 1. The van der Waals surface area contributed by atoms with Crippen LogP contribution in [0.5, 0.6) is 5.75 Å². The minimum atomic E-state index is -2.90. The SMILES string of the molecule is CCn1ncc2c(C(=O)Nc3ccc(OC(F)F)cc3)cc(-c3cccs3)nc21. The van der Waals surface area contributed by atoms with E-state index in [2.05, 4.69) is 20.1 Å². The van der Waals surface area contributed by atoms with Crippen LogP contribution in [0.4, 0.5) is 14.5 Å². The Morgan fingerprint density at radius 3 is 2.72 bits per heavy atom.